The number of anilines is 2. The van der Waals surface area contributed by atoms with Crippen LogP contribution in [0, 0.1) is 0 Å². The first-order chi connectivity index (χ1) is 13.3. The van der Waals surface area contributed by atoms with Crippen LogP contribution in [0.4, 0.5) is 11.4 Å². The fourth-order valence-corrected chi connectivity index (χ4v) is 3.48. The molecule has 0 aliphatic carbocycles. The Hall–Kier alpha value is -2.72. The van der Waals surface area contributed by atoms with Crippen molar-refractivity contribution in [3.63, 3.8) is 0 Å². The van der Waals surface area contributed by atoms with Crippen molar-refractivity contribution >= 4 is 23.0 Å². The highest BCUT2D eigenvalue weighted by Crippen LogP contribution is 2.36. The summed E-state index contributed by atoms with van der Waals surface area (Å²) in [5.41, 5.74) is 3.69. The zero-order valence-electron chi connectivity index (χ0n) is 15.1. The molecule has 0 saturated heterocycles. The van der Waals surface area contributed by atoms with E-state index in [-0.39, 0.29) is 0 Å². The molecule has 0 spiro atoms. The van der Waals surface area contributed by atoms with Crippen molar-refractivity contribution in [1.82, 2.24) is 4.98 Å². The quantitative estimate of drug-likeness (QED) is 0.427. The second kappa shape index (κ2) is 8.31. The Morgan fingerprint density at radius 3 is 2.37 bits per heavy atom. The van der Waals surface area contributed by atoms with E-state index in [1.165, 1.54) is 11.4 Å². The molecule has 1 aliphatic heterocycles. The lowest BCUT2D eigenvalue weighted by atomic mass is 10.2. The first-order valence-electron chi connectivity index (χ1n) is 9.17. The summed E-state index contributed by atoms with van der Waals surface area (Å²) in [7, 11) is 0. The van der Waals surface area contributed by atoms with Crippen LogP contribution in [0.2, 0.25) is 5.15 Å². The number of rotatable bonds is 7. The monoisotopic (exact) mass is 379 g/mol. The molecule has 3 aromatic rings. The molecule has 1 aliphatic rings. The lowest BCUT2D eigenvalue weighted by Gasteiger charge is -2.22. The third kappa shape index (κ3) is 4.34. The molecule has 2 aromatic carbocycles. The van der Waals surface area contributed by atoms with Gasteiger partial charge in [0.25, 0.3) is 0 Å². The summed E-state index contributed by atoms with van der Waals surface area (Å²) in [4.78, 5) is 8.98. The summed E-state index contributed by atoms with van der Waals surface area (Å²) in [6.07, 6.45) is 2.82. The molecule has 138 valence electrons. The summed E-state index contributed by atoms with van der Waals surface area (Å²) in [6.45, 7) is 3.36. The number of fused-ring (bicyclic) bond motifs is 1. The smallest absolute Gasteiger partial charge is 0.129 e. The molecule has 0 saturated carbocycles. The SMILES string of the molecule is Clc1ccc(CN2CN(CCCOc3ccccc3)c3ccccc32)cn1. The maximum absolute atomic E-state index is 5.90. The van der Waals surface area contributed by atoms with E-state index in [0.717, 1.165) is 37.5 Å². The molecule has 5 heteroatoms. The highest BCUT2D eigenvalue weighted by Gasteiger charge is 2.25. The highest BCUT2D eigenvalue weighted by molar-refractivity contribution is 6.29. The minimum Gasteiger partial charge on any atom is -0.494 e. The van der Waals surface area contributed by atoms with Gasteiger partial charge in [0.15, 0.2) is 0 Å². The average Bonchev–Trinajstić information content (AvgIpc) is 3.06. The average molecular weight is 380 g/mol. The van der Waals surface area contributed by atoms with Crippen LogP contribution in [-0.2, 0) is 6.54 Å². The third-order valence-electron chi connectivity index (χ3n) is 4.65. The van der Waals surface area contributed by atoms with Crippen LogP contribution >= 0.6 is 11.6 Å². The normalized spacial score (nSPS) is 12.9. The van der Waals surface area contributed by atoms with Crippen LogP contribution in [-0.4, -0.2) is 24.8 Å². The van der Waals surface area contributed by atoms with E-state index in [0.29, 0.717) is 11.8 Å². The number of benzene rings is 2. The van der Waals surface area contributed by atoms with Gasteiger partial charge in [-0.25, -0.2) is 4.98 Å². The van der Waals surface area contributed by atoms with Crippen LogP contribution in [0.3, 0.4) is 0 Å². The van der Waals surface area contributed by atoms with Crippen LogP contribution in [0.5, 0.6) is 5.75 Å². The Balaban J connectivity index is 1.37. The number of nitrogens with zero attached hydrogens (tertiary/aromatic N) is 3. The minimum atomic E-state index is 0.528. The molecule has 0 fully saturated rings. The van der Waals surface area contributed by atoms with E-state index in [1.54, 1.807) is 0 Å². The molecule has 2 heterocycles. The van der Waals surface area contributed by atoms with E-state index in [2.05, 4.69) is 39.0 Å². The predicted octanol–water partition coefficient (Wildman–Crippen LogP) is 4.99. The van der Waals surface area contributed by atoms with Gasteiger partial charge in [-0.05, 0) is 42.3 Å². The van der Waals surface area contributed by atoms with Gasteiger partial charge in [0.1, 0.15) is 10.9 Å². The lowest BCUT2D eigenvalue weighted by molar-refractivity contribution is 0.312. The van der Waals surface area contributed by atoms with Crippen molar-refractivity contribution < 1.29 is 4.74 Å². The maximum Gasteiger partial charge on any atom is 0.129 e. The molecule has 1 aromatic heterocycles. The fourth-order valence-electron chi connectivity index (χ4n) is 3.37. The summed E-state index contributed by atoms with van der Waals surface area (Å²) >= 11 is 5.90. The van der Waals surface area contributed by atoms with Gasteiger partial charge in [-0.1, -0.05) is 48.0 Å². The van der Waals surface area contributed by atoms with Crippen molar-refractivity contribution in [3.05, 3.63) is 83.6 Å². The van der Waals surface area contributed by atoms with E-state index in [4.69, 9.17) is 16.3 Å². The van der Waals surface area contributed by atoms with Crippen LogP contribution in [0.15, 0.2) is 72.9 Å². The molecule has 4 nitrogen and oxygen atoms in total. The molecular formula is C22H22ClN3O. The molecule has 0 atom stereocenters. The van der Waals surface area contributed by atoms with Crippen LogP contribution < -0.4 is 14.5 Å². The molecule has 0 unspecified atom stereocenters. The topological polar surface area (TPSA) is 28.6 Å². The largest absolute Gasteiger partial charge is 0.494 e. The Morgan fingerprint density at radius 2 is 1.63 bits per heavy atom. The number of hydrogen-bond donors (Lipinski definition) is 0. The highest BCUT2D eigenvalue weighted by atomic mass is 35.5. The van der Waals surface area contributed by atoms with Gasteiger partial charge in [-0.15, -0.1) is 0 Å². The summed E-state index contributed by atoms with van der Waals surface area (Å²) in [5.74, 6) is 0.927. The van der Waals surface area contributed by atoms with Gasteiger partial charge in [0.2, 0.25) is 0 Å². The Morgan fingerprint density at radius 1 is 0.889 bits per heavy atom. The minimum absolute atomic E-state index is 0.528. The van der Waals surface area contributed by atoms with Gasteiger partial charge in [0, 0.05) is 19.3 Å². The first-order valence-corrected chi connectivity index (χ1v) is 9.54. The summed E-state index contributed by atoms with van der Waals surface area (Å²) < 4.78 is 5.83. The Kier molecular flexibility index (Phi) is 5.45. The third-order valence-corrected chi connectivity index (χ3v) is 4.87. The van der Waals surface area contributed by atoms with Gasteiger partial charge >= 0.3 is 0 Å². The zero-order chi connectivity index (χ0) is 18.5. The van der Waals surface area contributed by atoms with Gasteiger partial charge in [0.05, 0.1) is 24.7 Å². The number of ether oxygens (including phenoxy) is 1. The lowest BCUT2D eigenvalue weighted by Crippen LogP contribution is -2.31. The van der Waals surface area contributed by atoms with E-state index < -0.39 is 0 Å². The number of pyridine rings is 1. The van der Waals surface area contributed by atoms with Gasteiger partial charge in [-0.2, -0.15) is 0 Å². The zero-order valence-corrected chi connectivity index (χ0v) is 15.8. The summed E-state index contributed by atoms with van der Waals surface area (Å²) in [6, 6.07) is 22.4. The van der Waals surface area contributed by atoms with Crippen molar-refractivity contribution in [1.29, 1.82) is 0 Å². The first kappa shape index (κ1) is 17.7. The van der Waals surface area contributed by atoms with E-state index in [9.17, 15) is 0 Å². The van der Waals surface area contributed by atoms with Crippen molar-refractivity contribution in [3.8, 4) is 5.75 Å². The molecule has 4 rings (SSSR count). The van der Waals surface area contributed by atoms with Gasteiger partial charge < -0.3 is 14.5 Å². The number of aromatic nitrogens is 1. The maximum atomic E-state index is 5.90. The molecule has 0 radical (unpaired) electrons. The number of hydrogen-bond acceptors (Lipinski definition) is 4. The standard InChI is InChI=1S/C22H22ClN3O/c23-22-12-11-18(15-24-22)16-26-17-25(20-9-4-5-10-21(20)26)13-6-14-27-19-7-2-1-3-8-19/h1-5,7-12,15H,6,13-14,16-17H2. The molecule has 27 heavy (non-hydrogen) atoms. The van der Waals surface area contributed by atoms with Gasteiger partial charge in [-0.3, -0.25) is 0 Å². The molecule has 0 N–H and O–H groups in total. The molecular weight excluding hydrogens is 358 g/mol. The van der Waals surface area contributed by atoms with Crippen LogP contribution in [0.25, 0.3) is 0 Å². The van der Waals surface area contributed by atoms with E-state index in [1.807, 2.05) is 48.7 Å². The Bertz CT molecular complexity index is 870. The van der Waals surface area contributed by atoms with Crippen LogP contribution in [0.1, 0.15) is 12.0 Å². The van der Waals surface area contributed by atoms with E-state index >= 15 is 0 Å². The second-order valence-corrected chi connectivity index (χ2v) is 6.98. The van der Waals surface area contributed by atoms with Crippen molar-refractivity contribution in [2.75, 3.05) is 29.6 Å². The van der Waals surface area contributed by atoms with Crippen molar-refractivity contribution in [2.45, 2.75) is 13.0 Å². The number of halogens is 1. The second-order valence-electron chi connectivity index (χ2n) is 6.60. The Labute approximate surface area is 165 Å². The summed E-state index contributed by atoms with van der Waals surface area (Å²) in [5, 5.41) is 0.528. The predicted molar refractivity (Wildman–Crippen MR) is 111 cm³/mol. The van der Waals surface area contributed by atoms with Crippen molar-refractivity contribution in [2.24, 2.45) is 0 Å². The molecule has 0 bridgehead atoms. The molecule has 0 amide bonds. The fraction of sp³-hybridized carbons (Fsp3) is 0.227. The number of para-hydroxylation sites is 3.